The summed E-state index contributed by atoms with van der Waals surface area (Å²) in [4.78, 5) is 3.15. The predicted octanol–water partition coefficient (Wildman–Crippen LogP) is 2.33. The number of nitrogens with one attached hydrogen (secondary N) is 1. The summed E-state index contributed by atoms with van der Waals surface area (Å²) in [5.41, 5.74) is 2.35. The molecule has 0 amide bonds. The Labute approximate surface area is 89.6 Å². The molecule has 2 rings (SSSR count). The minimum atomic E-state index is 0.169. The molecular weight excluding hydrogens is 186 g/mol. The Hall–Kier alpha value is -1.54. The molecule has 0 bridgehead atoms. The van der Waals surface area contributed by atoms with E-state index in [9.17, 15) is 5.11 Å². The Morgan fingerprint density at radius 2 is 1.87 bits per heavy atom. The first-order valence-electron chi connectivity index (χ1n) is 5.18. The van der Waals surface area contributed by atoms with Gasteiger partial charge in [-0.25, -0.2) is 0 Å². The van der Waals surface area contributed by atoms with Crippen LogP contribution in [-0.4, -0.2) is 16.7 Å². The van der Waals surface area contributed by atoms with Crippen molar-refractivity contribution in [2.75, 3.05) is 6.61 Å². The zero-order valence-corrected chi connectivity index (χ0v) is 8.56. The summed E-state index contributed by atoms with van der Waals surface area (Å²) in [6.07, 6.45) is 2.76. The molecule has 0 spiro atoms. The van der Waals surface area contributed by atoms with Crippen LogP contribution >= 0.6 is 0 Å². The molecule has 1 unspecified atom stereocenters. The van der Waals surface area contributed by atoms with Crippen LogP contribution in [0.2, 0.25) is 0 Å². The van der Waals surface area contributed by atoms with Crippen molar-refractivity contribution in [3.63, 3.8) is 0 Å². The van der Waals surface area contributed by atoms with Gasteiger partial charge in [-0.05, 0) is 24.1 Å². The first kappa shape index (κ1) is 9.99. The smallest absolute Gasteiger partial charge is 0.0517 e. The van der Waals surface area contributed by atoms with Gasteiger partial charge in [0, 0.05) is 17.8 Å². The average Bonchev–Trinajstić information content (AvgIpc) is 2.81. The van der Waals surface area contributed by atoms with Gasteiger partial charge in [0.15, 0.2) is 0 Å². The third-order valence-corrected chi connectivity index (χ3v) is 2.61. The Balaban J connectivity index is 2.10. The average molecular weight is 201 g/mol. The molecular formula is C13H15NO. The van der Waals surface area contributed by atoms with E-state index < -0.39 is 0 Å². The molecule has 0 fully saturated rings. The lowest BCUT2D eigenvalue weighted by Crippen LogP contribution is -2.07. The second-order valence-electron chi connectivity index (χ2n) is 3.69. The molecule has 0 aliphatic carbocycles. The van der Waals surface area contributed by atoms with Crippen molar-refractivity contribution in [2.24, 2.45) is 0 Å². The highest BCUT2D eigenvalue weighted by Gasteiger charge is 2.11. The molecule has 2 nitrogen and oxygen atoms in total. The lowest BCUT2D eigenvalue weighted by atomic mass is 9.97. The summed E-state index contributed by atoms with van der Waals surface area (Å²) in [6.45, 7) is 0.176. The third kappa shape index (κ3) is 2.48. The largest absolute Gasteiger partial charge is 0.396 e. The van der Waals surface area contributed by atoms with Crippen LogP contribution in [0, 0.1) is 0 Å². The van der Waals surface area contributed by atoms with Crippen LogP contribution in [0.15, 0.2) is 48.7 Å². The summed E-state index contributed by atoms with van der Waals surface area (Å²) in [7, 11) is 0. The first-order chi connectivity index (χ1) is 7.40. The van der Waals surface area contributed by atoms with Gasteiger partial charge in [0.05, 0.1) is 6.61 Å². The van der Waals surface area contributed by atoms with Gasteiger partial charge in [0.2, 0.25) is 0 Å². The lowest BCUT2D eigenvalue weighted by Gasteiger charge is -2.12. The van der Waals surface area contributed by atoms with Gasteiger partial charge in [-0.3, -0.25) is 0 Å². The number of hydrogen-bond donors (Lipinski definition) is 2. The van der Waals surface area contributed by atoms with Crippen LogP contribution in [0.25, 0.3) is 0 Å². The summed E-state index contributed by atoms with van der Waals surface area (Å²) >= 11 is 0. The quantitative estimate of drug-likeness (QED) is 0.782. The van der Waals surface area contributed by atoms with Crippen LogP contribution in [0.5, 0.6) is 0 Å². The van der Waals surface area contributed by atoms with Crippen molar-refractivity contribution in [3.8, 4) is 0 Å². The molecule has 0 radical (unpaired) electrons. The van der Waals surface area contributed by atoms with Crippen molar-refractivity contribution in [1.82, 2.24) is 4.98 Å². The Morgan fingerprint density at radius 1 is 1.07 bits per heavy atom. The molecule has 2 heteroatoms. The fourth-order valence-corrected chi connectivity index (χ4v) is 1.77. The maximum absolute atomic E-state index is 9.34. The molecule has 1 aromatic heterocycles. The third-order valence-electron chi connectivity index (χ3n) is 2.61. The van der Waals surface area contributed by atoms with E-state index in [1.807, 2.05) is 36.5 Å². The highest BCUT2D eigenvalue weighted by Crippen LogP contribution is 2.18. The molecule has 2 N–H and O–H groups in total. The molecule has 0 saturated carbocycles. The van der Waals surface area contributed by atoms with Gasteiger partial charge >= 0.3 is 0 Å². The molecule has 78 valence electrons. The Morgan fingerprint density at radius 3 is 2.47 bits per heavy atom. The van der Waals surface area contributed by atoms with Crippen LogP contribution < -0.4 is 0 Å². The molecule has 1 atom stereocenters. The normalized spacial score (nSPS) is 12.6. The van der Waals surface area contributed by atoms with E-state index in [0.717, 1.165) is 12.1 Å². The predicted molar refractivity (Wildman–Crippen MR) is 60.8 cm³/mol. The second kappa shape index (κ2) is 4.80. The van der Waals surface area contributed by atoms with Gasteiger partial charge in [-0.1, -0.05) is 30.3 Å². The maximum Gasteiger partial charge on any atom is 0.0517 e. The zero-order chi connectivity index (χ0) is 10.5. The molecule has 0 aliphatic rings. The maximum atomic E-state index is 9.34. The standard InChI is InChI=1S/C13H15NO/c15-10-12(13-7-4-8-14-13)9-11-5-2-1-3-6-11/h1-8,12,14-15H,9-10H2. The van der Waals surface area contributed by atoms with Crippen LogP contribution in [0.3, 0.4) is 0 Å². The second-order valence-corrected chi connectivity index (χ2v) is 3.69. The van der Waals surface area contributed by atoms with Gasteiger partial charge in [-0.15, -0.1) is 0 Å². The number of aliphatic hydroxyl groups excluding tert-OH is 1. The van der Waals surface area contributed by atoms with E-state index in [1.54, 1.807) is 0 Å². The Bertz CT molecular complexity index is 380. The summed E-state index contributed by atoms with van der Waals surface area (Å²) in [5, 5.41) is 9.34. The molecule has 0 saturated heterocycles. The van der Waals surface area contributed by atoms with Crippen molar-refractivity contribution in [2.45, 2.75) is 12.3 Å². The van der Waals surface area contributed by atoms with Crippen LogP contribution in [0.4, 0.5) is 0 Å². The minimum absolute atomic E-state index is 0.169. The summed E-state index contributed by atoms with van der Waals surface area (Å²) in [5.74, 6) is 0.169. The SMILES string of the molecule is OCC(Cc1ccccc1)c1ccc[nH]1. The number of rotatable bonds is 4. The van der Waals surface area contributed by atoms with E-state index in [0.29, 0.717) is 0 Å². The topological polar surface area (TPSA) is 36.0 Å². The van der Waals surface area contributed by atoms with Gasteiger partial charge in [0.1, 0.15) is 0 Å². The van der Waals surface area contributed by atoms with Gasteiger partial charge in [-0.2, -0.15) is 0 Å². The highest BCUT2D eigenvalue weighted by atomic mass is 16.3. The summed E-state index contributed by atoms with van der Waals surface area (Å²) in [6, 6.07) is 14.2. The minimum Gasteiger partial charge on any atom is -0.396 e. The van der Waals surface area contributed by atoms with Crippen LogP contribution in [0.1, 0.15) is 17.2 Å². The van der Waals surface area contributed by atoms with E-state index in [1.165, 1.54) is 5.56 Å². The Kier molecular flexibility index (Phi) is 3.20. The number of aromatic amines is 1. The van der Waals surface area contributed by atoms with Crippen molar-refractivity contribution in [1.29, 1.82) is 0 Å². The lowest BCUT2D eigenvalue weighted by molar-refractivity contribution is 0.262. The molecule has 0 aliphatic heterocycles. The number of hydrogen-bond acceptors (Lipinski definition) is 1. The number of H-pyrrole nitrogens is 1. The molecule has 15 heavy (non-hydrogen) atoms. The molecule has 1 aromatic carbocycles. The van der Waals surface area contributed by atoms with E-state index in [4.69, 9.17) is 0 Å². The van der Waals surface area contributed by atoms with Gasteiger partial charge < -0.3 is 10.1 Å². The molecule has 2 aromatic rings. The van der Waals surface area contributed by atoms with Gasteiger partial charge in [0.25, 0.3) is 0 Å². The van der Waals surface area contributed by atoms with E-state index >= 15 is 0 Å². The number of benzene rings is 1. The number of aliphatic hydroxyl groups is 1. The fraction of sp³-hybridized carbons (Fsp3) is 0.231. The number of aromatic nitrogens is 1. The monoisotopic (exact) mass is 201 g/mol. The van der Waals surface area contributed by atoms with E-state index in [2.05, 4.69) is 17.1 Å². The van der Waals surface area contributed by atoms with Crippen molar-refractivity contribution < 1.29 is 5.11 Å². The van der Waals surface area contributed by atoms with Crippen molar-refractivity contribution >= 4 is 0 Å². The van der Waals surface area contributed by atoms with Crippen LogP contribution in [-0.2, 0) is 6.42 Å². The fourth-order valence-electron chi connectivity index (χ4n) is 1.77. The van der Waals surface area contributed by atoms with E-state index in [-0.39, 0.29) is 12.5 Å². The molecule has 1 heterocycles. The van der Waals surface area contributed by atoms with Crippen molar-refractivity contribution in [3.05, 3.63) is 59.9 Å². The zero-order valence-electron chi connectivity index (χ0n) is 8.56. The highest BCUT2D eigenvalue weighted by molar-refractivity contribution is 5.20. The first-order valence-corrected chi connectivity index (χ1v) is 5.18. The summed E-state index contributed by atoms with van der Waals surface area (Å²) < 4.78 is 0.